The molecule has 1 rings (SSSR count). The van der Waals surface area contributed by atoms with Crippen molar-refractivity contribution in [1.29, 1.82) is 0 Å². The van der Waals surface area contributed by atoms with Gasteiger partial charge in [0, 0.05) is 6.54 Å². The number of aryl methyl sites for hydroxylation is 1. The van der Waals surface area contributed by atoms with Crippen molar-refractivity contribution >= 4 is 0 Å². The fourth-order valence-corrected chi connectivity index (χ4v) is 1.44. The van der Waals surface area contributed by atoms with Gasteiger partial charge in [-0.1, -0.05) is 6.07 Å². The molecule has 0 saturated carbocycles. The summed E-state index contributed by atoms with van der Waals surface area (Å²) in [4.78, 5) is 0. The molecule has 0 aliphatic carbocycles. The Morgan fingerprint density at radius 3 is 2.44 bits per heavy atom. The topological polar surface area (TPSA) is 46.2 Å². The smallest absolute Gasteiger partial charge is 0.391 e. The van der Waals surface area contributed by atoms with Gasteiger partial charge in [-0.15, -0.1) is 0 Å². The van der Waals surface area contributed by atoms with E-state index in [0.29, 0.717) is 11.1 Å². The fraction of sp³-hybridized carbons (Fsp3) is 0.455. The van der Waals surface area contributed by atoms with Crippen LogP contribution in [0.15, 0.2) is 18.2 Å². The Morgan fingerprint density at radius 2 is 2.00 bits per heavy atom. The van der Waals surface area contributed by atoms with Gasteiger partial charge < -0.3 is 10.8 Å². The Labute approximate surface area is 91.9 Å². The van der Waals surface area contributed by atoms with Crippen LogP contribution < -0.4 is 5.73 Å². The molecule has 90 valence electrons. The molecule has 0 radical (unpaired) electrons. The van der Waals surface area contributed by atoms with E-state index in [1.807, 2.05) is 0 Å². The third-order valence-electron chi connectivity index (χ3n) is 2.40. The van der Waals surface area contributed by atoms with Crippen molar-refractivity contribution in [3.05, 3.63) is 34.9 Å². The first-order chi connectivity index (χ1) is 7.34. The van der Waals surface area contributed by atoms with Crippen molar-refractivity contribution < 1.29 is 18.3 Å². The molecule has 0 saturated heterocycles. The number of hydrogen-bond donors (Lipinski definition) is 2. The van der Waals surface area contributed by atoms with Gasteiger partial charge in [-0.2, -0.15) is 13.2 Å². The molecule has 2 nitrogen and oxygen atoms in total. The standard InChI is InChI=1S/C11H14F3NO/c1-7-4-9(11(12,13)14)3-2-8(7)5-10(16)6-15/h2-4,10,16H,5-6,15H2,1H3. The fourth-order valence-electron chi connectivity index (χ4n) is 1.44. The average molecular weight is 233 g/mol. The first-order valence-corrected chi connectivity index (χ1v) is 4.89. The van der Waals surface area contributed by atoms with E-state index in [2.05, 4.69) is 0 Å². The minimum absolute atomic E-state index is 0.0977. The van der Waals surface area contributed by atoms with Crippen LogP contribution in [0.4, 0.5) is 13.2 Å². The van der Waals surface area contributed by atoms with E-state index in [-0.39, 0.29) is 13.0 Å². The van der Waals surface area contributed by atoms with E-state index >= 15 is 0 Å². The molecule has 0 aliphatic heterocycles. The lowest BCUT2D eigenvalue weighted by atomic mass is 10.00. The molecule has 3 N–H and O–H groups in total. The zero-order chi connectivity index (χ0) is 12.3. The van der Waals surface area contributed by atoms with Gasteiger partial charge in [0.05, 0.1) is 11.7 Å². The second-order valence-corrected chi connectivity index (χ2v) is 3.73. The summed E-state index contributed by atoms with van der Waals surface area (Å²) in [7, 11) is 0. The predicted octanol–water partition coefficient (Wildman–Crippen LogP) is 1.88. The average Bonchev–Trinajstić information content (AvgIpc) is 2.19. The molecular formula is C11H14F3NO. The third kappa shape index (κ3) is 3.21. The van der Waals surface area contributed by atoms with E-state index in [1.54, 1.807) is 6.92 Å². The van der Waals surface area contributed by atoms with Gasteiger partial charge in [0.2, 0.25) is 0 Å². The van der Waals surface area contributed by atoms with Gasteiger partial charge in [-0.3, -0.25) is 0 Å². The van der Waals surface area contributed by atoms with Crippen molar-refractivity contribution in [2.75, 3.05) is 6.54 Å². The largest absolute Gasteiger partial charge is 0.416 e. The number of halogens is 3. The first kappa shape index (κ1) is 13.0. The maximum absolute atomic E-state index is 12.4. The lowest BCUT2D eigenvalue weighted by molar-refractivity contribution is -0.137. The molecule has 0 fully saturated rings. The quantitative estimate of drug-likeness (QED) is 0.837. The minimum atomic E-state index is -4.32. The normalized spacial score (nSPS) is 13.9. The molecule has 0 amide bonds. The van der Waals surface area contributed by atoms with Crippen molar-refractivity contribution in [1.82, 2.24) is 0 Å². The van der Waals surface area contributed by atoms with Crippen LogP contribution in [0, 0.1) is 6.92 Å². The molecule has 5 heteroatoms. The van der Waals surface area contributed by atoms with Gasteiger partial charge in [0.25, 0.3) is 0 Å². The second kappa shape index (κ2) is 4.84. The zero-order valence-corrected chi connectivity index (χ0v) is 8.88. The highest BCUT2D eigenvalue weighted by molar-refractivity contribution is 5.32. The van der Waals surface area contributed by atoms with E-state index < -0.39 is 17.8 Å². The van der Waals surface area contributed by atoms with Crippen LogP contribution in [-0.2, 0) is 12.6 Å². The number of benzene rings is 1. The molecule has 16 heavy (non-hydrogen) atoms. The SMILES string of the molecule is Cc1cc(C(F)(F)F)ccc1CC(O)CN. The summed E-state index contributed by atoms with van der Waals surface area (Å²) in [5.74, 6) is 0. The van der Waals surface area contributed by atoms with Crippen LogP contribution in [0.3, 0.4) is 0 Å². The van der Waals surface area contributed by atoms with Gasteiger partial charge in [-0.25, -0.2) is 0 Å². The van der Waals surface area contributed by atoms with Crippen LogP contribution >= 0.6 is 0 Å². The summed E-state index contributed by atoms with van der Waals surface area (Å²) in [6.45, 7) is 1.69. The van der Waals surface area contributed by atoms with Crippen LogP contribution in [-0.4, -0.2) is 17.8 Å². The third-order valence-corrected chi connectivity index (χ3v) is 2.40. The number of rotatable bonds is 3. The molecule has 0 aromatic heterocycles. The van der Waals surface area contributed by atoms with Crippen molar-refractivity contribution in [3.8, 4) is 0 Å². The van der Waals surface area contributed by atoms with E-state index in [1.165, 1.54) is 6.07 Å². The number of aliphatic hydroxyl groups is 1. The Balaban J connectivity index is 2.92. The molecule has 1 atom stereocenters. The Bertz CT molecular complexity index is 363. The molecular weight excluding hydrogens is 219 g/mol. The summed E-state index contributed by atoms with van der Waals surface area (Å²) in [6, 6.07) is 3.49. The van der Waals surface area contributed by atoms with Crippen LogP contribution in [0.5, 0.6) is 0 Å². The minimum Gasteiger partial charge on any atom is -0.391 e. The first-order valence-electron chi connectivity index (χ1n) is 4.89. The van der Waals surface area contributed by atoms with Crippen molar-refractivity contribution in [2.24, 2.45) is 5.73 Å². The van der Waals surface area contributed by atoms with E-state index in [9.17, 15) is 18.3 Å². The predicted molar refractivity (Wildman–Crippen MR) is 54.9 cm³/mol. The number of alkyl halides is 3. The molecule has 0 bridgehead atoms. The molecule has 0 spiro atoms. The second-order valence-electron chi connectivity index (χ2n) is 3.73. The molecule has 0 aliphatic rings. The summed E-state index contributed by atoms with van der Waals surface area (Å²) in [6.07, 6.45) is -4.76. The Hall–Kier alpha value is -1.07. The van der Waals surface area contributed by atoms with Crippen molar-refractivity contribution in [3.63, 3.8) is 0 Å². The Morgan fingerprint density at radius 1 is 1.38 bits per heavy atom. The van der Waals surface area contributed by atoms with E-state index in [4.69, 9.17) is 5.73 Å². The molecule has 1 aromatic rings. The van der Waals surface area contributed by atoms with Crippen LogP contribution in [0.1, 0.15) is 16.7 Å². The molecule has 1 aromatic carbocycles. The summed E-state index contributed by atoms with van der Waals surface area (Å²) in [5, 5.41) is 9.32. The number of nitrogens with two attached hydrogens (primary N) is 1. The van der Waals surface area contributed by atoms with Gasteiger partial charge in [-0.05, 0) is 36.6 Å². The van der Waals surface area contributed by atoms with Gasteiger partial charge in [0.1, 0.15) is 0 Å². The highest BCUT2D eigenvalue weighted by Crippen LogP contribution is 2.30. The monoisotopic (exact) mass is 233 g/mol. The zero-order valence-electron chi connectivity index (χ0n) is 8.88. The highest BCUT2D eigenvalue weighted by atomic mass is 19.4. The van der Waals surface area contributed by atoms with E-state index in [0.717, 1.165) is 12.1 Å². The van der Waals surface area contributed by atoms with Gasteiger partial charge in [0.15, 0.2) is 0 Å². The van der Waals surface area contributed by atoms with Crippen molar-refractivity contribution in [2.45, 2.75) is 25.6 Å². The lowest BCUT2D eigenvalue weighted by Crippen LogP contribution is -2.22. The maximum Gasteiger partial charge on any atom is 0.416 e. The number of hydrogen-bond acceptors (Lipinski definition) is 2. The number of aliphatic hydroxyl groups excluding tert-OH is 1. The lowest BCUT2D eigenvalue weighted by Gasteiger charge is -2.13. The summed E-state index contributed by atoms with van der Waals surface area (Å²) in [5.41, 5.74) is 5.77. The summed E-state index contributed by atoms with van der Waals surface area (Å²) < 4.78 is 37.1. The van der Waals surface area contributed by atoms with Crippen LogP contribution in [0.2, 0.25) is 0 Å². The van der Waals surface area contributed by atoms with Gasteiger partial charge >= 0.3 is 6.18 Å². The molecule has 1 unspecified atom stereocenters. The highest BCUT2D eigenvalue weighted by Gasteiger charge is 2.30. The Kier molecular flexibility index (Phi) is 3.93. The maximum atomic E-state index is 12.4. The van der Waals surface area contributed by atoms with Crippen LogP contribution in [0.25, 0.3) is 0 Å². The molecule has 0 heterocycles. The summed E-state index contributed by atoms with van der Waals surface area (Å²) >= 11 is 0.